The van der Waals surface area contributed by atoms with E-state index in [2.05, 4.69) is 47.8 Å². The molecule has 0 saturated carbocycles. The second-order valence-corrected chi connectivity index (χ2v) is 7.02. The van der Waals surface area contributed by atoms with Crippen molar-refractivity contribution in [1.82, 2.24) is 5.32 Å². The maximum absolute atomic E-state index is 3.65. The predicted octanol–water partition coefficient (Wildman–Crippen LogP) is 3.68. The minimum Gasteiger partial charge on any atom is -0.309 e. The van der Waals surface area contributed by atoms with Gasteiger partial charge in [0.1, 0.15) is 0 Å². The molecule has 15 heavy (non-hydrogen) atoms. The summed E-state index contributed by atoms with van der Waals surface area (Å²) in [4.78, 5) is 0. The van der Waals surface area contributed by atoms with Crippen LogP contribution in [0.3, 0.4) is 0 Å². The SMILES string of the molecule is CC(NCC1(C)CCCS1)c1ccsc1. The van der Waals surface area contributed by atoms with Gasteiger partial charge in [0.2, 0.25) is 0 Å². The molecule has 0 amide bonds. The zero-order chi connectivity index (χ0) is 10.7. The van der Waals surface area contributed by atoms with Crippen LogP contribution in [-0.2, 0) is 0 Å². The maximum Gasteiger partial charge on any atom is 0.0300 e. The second-order valence-electron chi connectivity index (χ2n) is 4.56. The summed E-state index contributed by atoms with van der Waals surface area (Å²) < 4.78 is 0.476. The molecule has 0 radical (unpaired) electrons. The fourth-order valence-corrected chi connectivity index (χ4v) is 3.99. The standard InChI is InChI=1S/C12H19NS2/c1-10(11-4-7-14-8-11)13-9-12(2)5-3-6-15-12/h4,7-8,10,13H,3,5-6,9H2,1-2H3. The number of hydrogen-bond donors (Lipinski definition) is 1. The third-order valence-electron chi connectivity index (χ3n) is 3.13. The normalized spacial score (nSPS) is 28.1. The molecule has 0 bridgehead atoms. The molecule has 0 spiro atoms. The highest BCUT2D eigenvalue weighted by Gasteiger charge is 2.29. The van der Waals surface area contributed by atoms with Gasteiger partial charge in [-0.3, -0.25) is 0 Å². The van der Waals surface area contributed by atoms with Crippen LogP contribution >= 0.6 is 23.1 Å². The van der Waals surface area contributed by atoms with E-state index in [0.717, 1.165) is 6.54 Å². The second kappa shape index (κ2) is 4.89. The molecule has 1 aliphatic heterocycles. The molecule has 1 aliphatic rings. The third kappa shape index (κ3) is 2.99. The Morgan fingerprint density at radius 2 is 2.47 bits per heavy atom. The molecule has 0 aliphatic carbocycles. The number of nitrogens with one attached hydrogen (secondary N) is 1. The summed E-state index contributed by atoms with van der Waals surface area (Å²) >= 11 is 3.90. The van der Waals surface area contributed by atoms with Gasteiger partial charge in [-0.05, 0) is 54.8 Å². The van der Waals surface area contributed by atoms with Crippen LogP contribution in [0.1, 0.15) is 38.3 Å². The van der Waals surface area contributed by atoms with E-state index < -0.39 is 0 Å². The first-order chi connectivity index (χ1) is 7.20. The summed E-state index contributed by atoms with van der Waals surface area (Å²) in [6.07, 6.45) is 2.75. The Bertz CT molecular complexity index is 289. The van der Waals surface area contributed by atoms with Gasteiger partial charge in [-0.2, -0.15) is 23.1 Å². The monoisotopic (exact) mass is 241 g/mol. The van der Waals surface area contributed by atoms with E-state index in [-0.39, 0.29) is 0 Å². The molecule has 2 atom stereocenters. The molecule has 2 rings (SSSR count). The first-order valence-corrected chi connectivity index (χ1v) is 7.52. The highest BCUT2D eigenvalue weighted by Crippen LogP contribution is 2.37. The van der Waals surface area contributed by atoms with Crippen molar-refractivity contribution in [2.45, 2.75) is 37.5 Å². The van der Waals surface area contributed by atoms with E-state index >= 15 is 0 Å². The lowest BCUT2D eigenvalue weighted by Gasteiger charge is -2.25. The van der Waals surface area contributed by atoms with Gasteiger partial charge < -0.3 is 5.32 Å². The zero-order valence-corrected chi connectivity index (χ0v) is 11.1. The lowest BCUT2D eigenvalue weighted by Crippen LogP contribution is -2.34. The predicted molar refractivity (Wildman–Crippen MR) is 70.8 cm³/mol. The van der Waals surface area contributed by atoms with Gasteiger partial charge in [0, 0.05) is 17.3 Å². The zero-order valence-electron chi connectivity index (χ0n) is 9.45. The van der Waals surface area contributed by atoms with Crippen LogP contribution in [0.4, 0.5) is 0 Å². The van der Waals surface area contributed by atoms with Crippen LogP contribution in [0.15, 0.2) is 16.8 Å². The molecule has 1 fully saturated rings. The minimum absolute atomic E-state index is 0.476. The fourth-order valence-electron chi connectivity index (χ4n) is 1.98. The molecule has 2 unspecified atom stereocenters. The van der Waals surface area contributed by atoms with Gasteiger partial charge in [-0.15, -0.1) is 0 Å². The van der Waals surface area contributed by atoms with Gasteiger partial charge in [-0.1, -0.05) is 0 Å². The van der Waals surface area contributed by atoms with Crippen molar-refractivity contribution in [1.29, 1.82) is 0 Å². The van der Waals surface area contributed by atoms with E-state index in [1.54, 1.807) is 11.3 Å². The van der Waals surface area contributed by atoms with Crippen molar-refractivity contribution in [2.24, 2.45) is 0 Å². The average Bonchev–Trinajstić information content (AvgIpc) is 2.85. The molecule has 0 aromatic carbocycles. The number of thioether (sulfide) groups is 1. The van der Waals surface area contributed by atoms with Crippen LogP contribution < -0.4 is 5.32 Å². The van der Waals surface area contributed by atoms with Crippen LogP contribution in [0.25, 0.3) is 0 Å². The quantitative estimate of drug-likeness (QED) is 0.863. The van der Waals surface area contributed by atoms with Crippen molar-refractivity contribution >= 4 is 23.1 Å². The topological polar surface area (TPSA) is 12.0 Å². The molecule has 1 aromatic rings. The fraction of sp³-hybridized carbons (Fsp3) is 0.667. The van der Waals surface area contributed by atoms with Crippen LogP contribution in [0, 0.1) is 0 Å². The lowest BCUT2D eigenvalue weighted by molar-refractivity contribution is 0.491. The molecule has 3 heteroatoms. The largest absolute Gasteiger partial charge is 0.309 e. The smallest absolute Gasteiger partial charge is 0.0300 e. The van der Waals surface area contributed by atoms with Gasteiger partial charge in [0.25, 0.3) is 0 Å². The summed E-state index contributed by atoms with van der Waals surface area (Å²) in [5.74, 6) is 1.34. The number of hydrogen-bond acceptors (Lipinski definition) is 3. The van der Waals surface area contributed by atoms with Crippen molar-refractivity contribution in [3.05, 3.63) is 22.4 Å². The van der Waals surface area contributed by atoms with Gasteiger partial charge in [0.15, 0.2) is 0 Å². The highest BCUT2D eigenvalue weighted by atomic mass is 32.2. The first kappa shape index (κ1) is 11.5. The van der Waals surface area contributed by atoms with Gasteiger partial charge in [0.05, 0.1) is 0 Å². The molecule has 1 nitrogen and oxygen atoms in total. The molecular weight excluding hydrogens is 222 g/mol. The van der Waals surface area contributed by atoms with Crippen LogP contribution in [0.2, 0.25) is 0 Å². The van der Waals surface area contributed by atoms with Crippen LogP contribution in [-0.4, -0.2) is 17.0 Å². The van der Waals surface area contributed by atoms with Gasteiger partial charge >= 0.3 is 0 Å². The van der Waals surface area contributed by atoms with Crippen molar-refractivity contribution < 1.29 is 0 Å². The van der Waals surface area contributed by atoms with Crippen LogP contribution in [0.5, 0.6) is 0 Å². The van der Waals surface area contributed by atoms with Gasteiger partial charge in [-0.25, -0.2) is 0 Å². The Morgan fingerprint density at radius 1 is 1.60 bits per heavy atom. The Balaban J connectivity index is 1.83. The van der Waals surface area contributed by atoms with E-state index in [1.165, 1.54) is 24.2 Å². The van der Waals surface area contributed by atoms with E-state index in [0.29, 0.717) is 10.8 Å². The summed E-state index contributed by atoms with van der Waals surface area (Å²) in [6.45, 7) is 5.78. The Hall–Kier alpha value is 0.01000. The molecule has 1 saturated heterocycles. The lowest BCUT2D eigenvalue weighted by atomic mass is 10.0. The van der Waals surface area contributed by atoms with E-state index in [9.17, 15) is 0 Å². The molecular formula is C12H19NS2. The van der Waals surface area contributed by atoms with Crippen molar-refractivity contribution in [2.75, 3.05) is 12.3 Å². The van der Waals surface area contributed by atoms with Crippen molar-refractivity contribution in [3.8, 4) is 0 Å². The molecule has 1 aromatic heterocycles. The minimum atomic E-state index is 0.476. The Kier molecular flexibility index (Phi) is 3.75. The molecule has 2 heterocycles. The molecule has 1 N–H and O–H groups in total. The third-order valence-corrected chi connectivity index (χ3v) is 5.37. The Labute approximate surface area is 101 Å². The summed E-state index contributed by atoms with van der Waals surface area (Å²) in [5, 5.41) is 8.04. The average molecular weight is 241 g/mol. The maximum atomic E-state index is 3.65. The summed E-state index contributed by atoms with van der Waals surface area (Å²) in [6, 6.07) is 2.71. The summed E-state index contributed by atoms with van der Waals surface area (Å²) in [5.41, 5.74) is 1.42. The first-order valence-electron chi connectivity index (χ1n) is 5.59. The number of thiophene rings is 1. The molecule has 84 valence electrons. The summed E-state index contributed by atoms with van der Waals surface area (Å²) in [7, 11) is 0. The van der Waals surface area contributed by atoms with E-state index in [1.807, 2.05) is 0 Å². The number of rotatable bonds is 4. The Morgan fingerprint density at radius 3 is 3.07 bits per heavy atom. The van der Waals surface area contributed by atoms with Crippen molar-refractivity contribution in [3.63, 3.8) is 0 Å². The highest BCUT2D eigenvalue weighted by molar-refractivity contribution is 8.00. The van der Waals surface area contributed by atoms with E-state index in [4.69, 9.17) is 0 Å².